The number of aromatic nitrogens is 3. The van der Waals surface area contributed by atoms with Crippen LogP contribution < -0.4 is 0 Å². The van der Waals surface area contributed by atoms with Gasteiger partial charge in [-0.2, -0.15) is 5.10 Å². The minimum Gasteiger partial charge on any atom is -0.392 e. The van der Waals surface area contributed by atoms with Crippen molar-refractivity contribution in [1.29, 1.82) is 0 Å². The maximum Gasteiger partial charge on any atom is 0.138 e. The molecule has 0 fully saturated rings. The number of hydrogen-bond donors (Lipinski definition) is 1. The minimum absolute atomic E-state index is 0.457. The lowest BCUT2D eigenvalue weighted by molar-refractivity contribution is 0.171. The maximum absolute atomic E-state index is 10.2. The molecule has 1 aromatic heterocycles. The lowest BCUT2D eigenvalue weighted by Gasteiger charge is -2.12. The molecule has 0 saturated heterocycles. The van der Waals surface area contributed by atoms with Crippen LogP contribution in [0.15, 0.2) is 24.5 Å². The Morgan fingerprint density at radius 3 is 2.80 bits per heavy atom. The molecular weight excluding hydrogens is 297 g/mol. The summed E-state index contributed by atoms with van der Waals surface area (Å²) in [6.45, 7) is 2.89. The van der Waals surface area contributed by atoms with Crippen molar-refractivity contribution in [3.63, 3.8) is 0 Å². The normalized spacial score (nSPS) is 12.6. The van der Waals surface area contributed by atoms with Crippen molar-refractivity contribution in [3.05, 3.63) is 46.0 Å². The molecule has 1 atom stereocenters. The SMILES string of the molecule is CCCn1ncnc1CC(O)Cc1ccc(Cl)cc1Cl. The number of aliphatic hydroxyl groups is 1. The average molecular weight is 314 g/mol. The van der Waals surface area contributed by atoms with Gasteiger partial charge in [-0.1, -0.05) is 36.2 Å². The summed E-state index contributed by atoms with van der Waals surface area (Å²) in [5.74, 6) is 0.796. The van der Waals surface area contributed by atoms with Crippen LogP contribution in [0, 0.1) is 0 Å². The smallest absolute Gasteiger partial charge is 0.138 e. The molecule has 0 aliphatic carbocycles. The Labute approximate surface area is 128 Å². The van der Waals surface area contributed by atoms with E-state index in [1.54, 1.807) is 12.1 Å². The number of hydrogen-bond acceptors (Lipinski definition) is 3. The summed E-state index contributed by atoms with van der Waals surface area (Å²) < 4.78 is 1.83. The number of nitrogens with zero attached hydrogens (tertiary/aromatic N) is 3. The predicted molar refractivity (Wildman–Crippen MR) is 80.2 cm³/mol. The quantitative estimate of drug-likeness (QED) is 0.891. The van der Waals surface area contributed by atoms with Crippen molar-refractivity contribution in [3.8, 4) is 0 Å². The number of benzene rings is 1. The Kier molecular flexibility index (Phi) is 5.40. The first-order valence-corrected chi connectivity index (χ1v) is 7.34. The third-order valence-corrected chi connectivity index (χ3v) is 3.61. The highest BCUT2D eigenvalue weighted by molar-refractivity contribution is 6.35. The molecule has 2 aromatic rings. The van der Waals surface area contributed by atoms with Gasteiger partial charge in [0.25, 0.3) is 0 Å². The van der Waals surface area contributed by atoms with Crippen LogP contribution >= 0.6 is 23.2 Å². The van der Waals surface area contributed by atoms with E-state index in [4.69, 9.17) is 23.2 Å². The Morgan fingerprint density at radius 2 is 2.10 bits per heavy atom. The molecular formula is C14H17Cl2N3O. The van der Waals surface area contributed by atoms with Crippen molar-refractivity contribution in [2.24, 2.45) is 0 Å². The van der Waals surface area contributed by atoms with Gasteiger partial charge in [0.05, 0.1) is 6.10 Å². The van der Waals surface area contributed by atoms with Crippen molar-refractivity contribution < 1.29 is 5.11 Å². The molecule has 2 rings (SSSR count). The Hall–Kier alpha value is -1.10. The molecule has 0 bridgehead atoms. The third-order valence-electron chi connectivity index (χ3n) is 3.02. The summed E-state index contributed by atoms with van der Waals surface area (Å²) >= 11 is 12.0. The van der Waals surface area contributed by atoms with E-state index in [-0.39, 0.29) is 0 Å². The van der Waals surface area contributed by atoms with E-state index in [0.717, 1.165) is 24.4 Å². The van der Waals surface area contributed by atoms with E-state index >= 15 is 0 Å². The summed E-state index contributed by atoms with van der Waals surface area (Å²) in [7, 11) is 0. The van der Waals surface area contributed by atoms with E-state index in [9.17, 15) is 5.11 Å². The largest absolute Gasteiger partial charge is 0.392 e. The molecule has 0 saturated carbocycles. The van der Waals surface area contributed by atoms with E-state index in [2.05, 4.69) is 17.0 Å². The van der Waals surface area contributed by atoms with Crippen LogP contribution in [0.5, 0.6) is 0 Å². The fourth-order valence-corrected chi connectivity index (χ4v) is 2.55. The van der Waals surface area contributed by atoms with Crippen LogP contribution in [0.2, 0.25) is 10.0 Å². The lowest BCUT2D eigenvalue weighted by atomic mass is 10.1. The zero-order chi connectivity index (χ0) is 14.5. The van der Waals surface area contributed by atoms with Gasteiger partial charge in [0.2, 0.25) is 0 Å². The fraction of sp³-hybridized carbons (Fsp3) is 0.429. The zero-order valence-corrected chi connectivity index (χ0v) is 12.8. The molecule has 0 spiro atoms. The molecule has 1 unspecified atom stereocenters. The molecule has 4 nitrogen and oxygen atoms in total. The summed E-state index contributed by atoms with van der Waals surface area (Å²) in [5.41, 5.74) is 0.880. The molecule has 108 valence electrons. The molecule has 0 amide bonds. The highest BCUT2D eigenvalue weighted by Crippen LogP contribution is 2.22. The molecule has 0 aliphatic rings. The second-order valence-electron chi connectivity index (χ2n) is 4.70. The second-order valence-corrected chi connectivity index (χ2v) is 5.54. The van der Waals surface area contributed by atoms with Gasteiger partial charge in [0.15, 0.2) is 0 Å². The molecule has 1 heterocycles. The van der Waals surface area contributed by atoms with Crippen LogP contribution in [0.3, 0.4) is 0 Å². The summed E-state index contributed by atoms with van der Waals surface area (Å²) in [5, 5.41) is 15.5. The Balaban J connectivity index is 2.01. The van der Waals surface area contributed by atoms with Crippen molar-refractivity contribution in [1.82, 2.24) is 14.8 Å². The van der Waals surface area contributed by atoms with Crippen molar-refractivity contribution in [2.75, 3.05) is 0 Å². The van der Waals surface area contributed by atoms with Gasteiger partial charge in [-0.05, 0) is 24.1 Å². The van der Waals surface area contributed by atoms with Gasteiger partial charge in [-0.3, -0.25) is 4.68 Å². The molecule has 6 heteroatoms. The molecule has 0 aliphatic heterocycles. The zero-order valence-electron chi connectivity index (χ0n) is 11.3. The van der Waals surface area contributed by atoms with Crippen molar-refractivity contribution in [2.45, 2.75) is 38.8 Å². The first kappa shape index (κ1) is 15.3. The molecule has 0 radical (unpaired) electrons. The van der Waals surface area contributed by atoms with Gasteiger partial charge < -0.3 is 5.11 Å². The van der Waals surface area contributed by atoms with Crippen LogP contribution in [0.1, 0.15) is 24.7 Å². The number of aryl methyl sites for hydroxylation is 1. The highest BCUT2D eigenvalue weighted by atomic mass is 35.5. The number of halogens is 2. The van der Waals surface area contributed by atoms with Gasteiger partial charge in [0, 0.05) is 29.4 Å². The summed E-state index contributed by atoms with van der Waals surface area (Å²) in [6, 6.07) is 5.30. The average Bonchev–Trinajstić information content (AvgIpc) is 2.81. The second kappa shape index (κ2) is 7.07. The van der Waals surface area contributed by atoms with Crippen molar-refractivity contribution >= 4 is 23.2 Å². The maximum atomic E-state index is 10.2. The summed E-state index contributed by atoms with van der Waals surface area (Å²) in [4.78, 5) is 4.19. The fourth-order valence-electron chi connectivity index (χ4n) is 2.07. The van der Waals surface area contributed by atoms with Crippen LogP contribution in [0.4, 0.5) is 0 Å². The van der Waals surface area contributed by atoms with Gasteiger partial charge in [-0.15, -0.1) is 0 Å². The van der Waals surface area contributed by atoms with Crippen LogP contribution in [-0.4, -0.2) is 26.0 Å². The molecule has 20 heavy (non-hydrogen) atoms. The monoisotopic (exact) mass is 313 g/mol. The van der Waals surface area contributed by atoms with Gasteiger partial charge >= 0.3 is 0 Å². The summed E-state index contributed by atoms with van der Waals surface area (Å²) in [6.07, 6.45) is 2.88. The first-order chi connectivity index (χ1) is 9.60. The lowest BCUT2D eigenvalue weighted by Crippen LogP contribution is -2.18. The Bertz CT molecular complexity index is 571. The first-order valence-electron chi connectivity index (χ1n) is 6.58. The molecule has 1 N–H and O–H groups in total. The minimum atomic E-state index is -0.548. The van der Waals surface area contributed by atoms with Crippen LogP contribution in [-0.2, 0) is 19.4 Å². The van der Waals surface area contributed by atoms with Crippen LogP contribution in [0.25, 0.3) is 0 Å². The molecule has 1 aromatic carbocycles. The number of rotatable bonds is 6. The van der Waals surface area contributed by atoms with E-state index in [1.807, 2.05) is 10.7 Å². The van der Waals surface area contributed by atoms with Gasteiger partial charge in [-0.25, -0.2) is 4.98 Å². The standard InChI is InChI=1S/C14H17Cl2N3O/c1-2-5-19-14(17-9-18-19)8-12(20)6-10-3-4-11(15)7-13(10)16/h3-4,7,9,12,20H,2,5-6,8H2,1H3. The predicted octanol–water partition coefficient (Wildman–Crippen LogP) is 3.14. The van der Waals surface area contributed by atoms with E-state index < -0.39 is 6.10 Å². The Morgan fingerprint density at radius 1 is 1.30 bits per heavy atom. The number of aliphatic hydroxyl groups excluding tert-OH is 1. The van der Waals surface area contributed by atoms with E-state index in [1.165, 1.54) is 6.33 Å². The third kappa shape index (κ3) is 3.95. The topological polar surface area (TPSA) is 50.9 Å². The van der Waals surface area contributed by atoms with Gasteiger partial charge in [0.1, 0.15) is 12.2 Å². The van der Waals surface area contributed by atoms with E-state index in [0.29, 0.717) is 22.9 Å². The highest BCUT2D eigenvalue weighted by Gasteiger charge is 2.13.